The normalized spacial score (nSPS) is 16.2. The van der Waals surface area contributed by atoms with Gasteiger partial charge in [0.05, 0.1) is 5.69 Å². The summed E-state index contributed by atoms with van der Waals surface area (Å²) in [4.78, 5) is 11.5. The Morgan fingerprint density at radius 1 is 1.46 bits per heavy atom. The van der Waals surface area contributed by atoms with Gasteiger partial charge in [-0.2, -0.15) is 0 Å². The lowest BCUT2D eigenvalue weighted by Gasteiger charge is -2.17. The molecule has 1 aliphatic rings. The third kappa shape index (κ3) is 1.31. The van der Waals surface area contributed by atoms with Crippen LogP contribution in [0.25, 0.3) is 0 Å². The van der Waals surface area contributed by atoms with Crippen molar-refractivity contribution in [3.63, 3.8) is 0 Å². The number of aromatic amines is 1. The Balaban J connectivity index is 2.54. The molecule has 1 aromatic heterocycles. The zero-order valence-electron chi connectivity index (χ0n) is 8.05. The molecule has 1 aromatic rings. The summed E-state index contributed by atoms with van der Waals surface area (Å²) >= 11 is 0. The predicted molar refractivity (Wildman–Crippen MR) is 50.8 cm³/mol. The molecular formula is C9H15N3O. The van der Waals surface area contributed by atoms with Crippen LogP contribution in [-0.4, -0.2) is 16.3 Å². The lowest BCUT2D eigenvalue weighted by Crippen LogP contribution is -2.27. The molecular weight excluding hydrogens is 166 g/mol. The van der Waals surface area contributed by atoms with Crippen molar-refractivity contribution in [3.8, 4) is 0 Å². The van der Waals surface area contributed by atoms with Crippen LogP contribution in [0.2, 0.25) is 0 Å². The van der Waals surface area contributed by atoms with Gasteiger partial charge in [0.2, 0.25) is 0 Å². The van der Waals surface area contributed by atoms with Crippen molar-refractivity contribution in [3.05, 3.63) is 21.6 Å². The third-order valence-corrected chi connectivity index (χ3v) is 2.50. The molecule has 0 atom stereocenters. The lowest BCUT2D eigenvalue weighted by molar-refractivity contribution is 0.485. The molecule has 0 saturated heterocycles. The van der Waals surface area contributed by atoms with Crippen LogP contribution in [0.3, 0.4) is 0 Å². The van der Waals surface area contributed by atoms with E-state index in [1.54, 1.807) is 0 Å². The second-order valence-corrected chi connectivity index (χ2v) is 3.76. The van der Waals surface area contributed by atoms with Crippen LogP contribution >= 0.6 is 0 Å². The molecule has 0 aliphatic carbocycles. The number of hydrogen-bond acceptors (Lipinski definition) is 2. The number of hydrogen-bond donors (Lipinski definition) is 2. The van der Waals surface area contributed by atoms with E-state index in [0.29, 0.717) is 6.04 Å². The number of fused-ring (bicyclic) bond motifs is 1. The van der Waals surface area contributed by atoms with E-state index in [-0.39, 0.29) is 5.56 Å². The summed E-state index contributed by atoms with van der Waals surface area (Å²) < 4.78 is 1.96. The second-order valence-electron chi connectivity index (χ2n) is 3.76. The first-order chi connectivity index (χ1) is 6.20. The number of H-pyrrole nitrogens is 1. The highest BCUT2D eigenvalue weighted by Crippen LogP contribution is 2.13. The van der Waals surface area contributed by atoms with Gasteiger partial charge in [0.25, 0.3) is 5.56 Å². The standard InChI is InChI=1S/C9H15N3O/c1-6(2)12-8-5-10-4-3-7(8)9(13)11-12/h6,10H,3-5H2,1-2H3,(H,11,13). The molecule has 0 amide bonds. The Morgan fingerprint density at radius 3 is 2.92 bits per heavy atom. The van der Waals surface area contributed by atoms with Gasteiger partial charge in [-0.25, -0.2) is 0 Å². The van der Waals surface area contributed by atoms with E-state index >= 15 is 0 Å². The van der Waals surface area contributed by atoms with Crippen molar-refractivity contribution in [1.82, 2.24) is 15.1 Å². The Kier molecular flexibility index (Phi) is 2.00. The van der Waals surface area contributed by atoms with E-state index in [9.17, 15) is 4.79 Å². The number of nitrogens with zero attached hydrogens (tertiary/aromatic N) is 1. The van der Waals surface area contributed by atoms with Gasteiger partial charge in [0, 0.05) is 18.2 Å². The zero-order chi connectivity index (χ0) is 9.42. The molecule has 72 valence electrons. The summed E-state index contributed by atoms with van der Waals surface area (Å²) in [6.45, 7) is 5.88. The molecule has 0 radical (unpaired) electrons. The van der Waals surface area contributed by atoms with Gasteiger partial charge in [0.15, 0.2) is 0 Å². The average Bonchev–Trinajstić information content (AvgIpc) is 2.45. The van der Waals surface area contributed by atoms with Gasteiger partial charge in [-0.05, 0) is 26.8 Å². The number of nitrogens with one attached hydrogen (secondary N) is 2. The molecule has 0 bridgehead atoms. The topological polar surface area (TPSA) is 49.8 Å². The largest absolute Gasteiger partial charge is 0.311 e. The highest BCUT2D eigenvalue weighted by Gasteiger charge is 2.18. The van der Waals surface area contributed by atoms with E-state index in [1.807, 2.05) is 4.68 Å². The molecule has 4 heteroatoms. The summed E-state index contributed by atoms with van der Waals surface area (Å²) in [6.07, 6.45) is 0.852. The van der Waals surface area contributed by atoms with Gasteiger partial charge in [0.1, 0.15) is 0 Å². The minimum absolute atomic E-state index is 0.0881. The maximum atomic E-state index is 11.5. The first-order valence-electron chi connectivity index (χ1n) is 4.73. The van der Waals surface area contributed by atoms with Crippen molar-refractivity contribution >= 4 is 0 Å². The number of rotatable bonds is 1. The van der Waals surface area contributed by atoms with Crippen molar-refractivity contribution in [1.29, 1.82) is 0 Å². The van der Waals surface area contributed by atoms with Crippen molar-refractivity contribution in [2.45, 2.75) is 32.9 Å². The smallest absolute Gasteiger partial charge is 0.267 e. The SMILES string of the molecule is CC(C)n1[nH]c(=O)c2c1CNCC2. The molecule has 2 N–H and O–H groups in total. The monoisotopic (exact) mass is 181 g/mol. The van der Waals surface area contributed by atoms with E-state index in [1.165, 1.54) is 0 Å². The van der Waals surface area contributed by atoms with E-state index in [2.05, 4.69) is 24.3 Å². The molecule has 0 fully saturated rings. The molecule has 0 spiro atoms. The predicted octanol–water partition coefficient (Wildman–Crippen LogP) is 0.403. The van der Waals surface area contributed by atoms with Gasteiger partial charge < -0.3 is 5.32 Å². The Morgan fingerprint density at radius 2 is 2.23 bits per heavy atom. The quantitative estimate of drug-likeness (QED) is 0.659. The fourth-order valence-electron chi connectivity index (χ4n) is 1.83. The van der Waals surface area contributed by atoms with Crippen LogP contribution < -0.4 is 10.9 Å². The third-order valence-electron chi connectivity index (χ3n) is 2.50. The summed E-state index contributed by atoms with van der Waals surface area (Å²) in [5.74, 6) is 0. The van der Waals surface area contributed by atoms with Gasteiger partial charge in [-0.3, -0.25) is 14.6 Å². The summed E-state index contributed by atoms with van der Waals surface area (Å²) in [5.41, 5.74) is 2.18. The Bertz CT molecular complexity index is 361. The fraction of sp³-hybridized carbons (Fsp3) is 0.667. The van der Waals surface area contributed by atoms with Crippen LogP contribution in [-0.2, 0) is 13.0 Å². The van der Waals surface area contributed by atoms with E-state index < -0.39 is 0 Å². The van der Waals surface area contributed by atoms with Crippen LogP contribution in [0.5, 0.6) is 0 Å². The zero-order valence-corrected chi connectivity index (χ0v) is 8.05. The first kappa shape index (κ1) is 8.56. The van der Waals surface area contributed by atoms with Gasteiger partial charge in [-0.15, -0.1) is 0 Å². The van der Waals surface area contributed by atoms with Crippen molar-refractivity contribution < 1.29 is 0 Å². The Labute approximate surface area is 76.9 Å². The van der Waals surface area contributed by atoms with Gasteiger partial charge in [-0.1, -0.05) is 0 Å². The van der Waals surface area contributed by atoms with Crippen molar-refractivity contribution in [2.75, 3.05) is 6.54 Å². The van der Waals surface area contributed by atoms with E-state index in [0.717, 1.165) is 30.8 Å². The molecule has 2 heterocycles. The second kappa shape index (κ2) is 3.03. The molecule has 13 heavy (non-hydrogen) atoms. The highest BCUT2D eigenvalue weighted by atomic mass is 16.1. The van der Waals surface area contributed by atoms with Crippen LogP contribution in [0.1, 0.15) is 31.1 Å². The lowest BCUT2D eigenvalue weighted by atomic mass is 10.1. The maximum absolute atomic E-state index is 11.5. The molecule has 0 saturated carbocycles. The van der Waals surface area contributed by atoms with Gasteiger partial charge >= 0.3 is 0 Å². The summed E-state index contributed by atoms with van der Waals surface area (Å²) in [5, 5.41) is 6.15. The first-order valence-corrected chi connectivity index (χ1v) is 4.73. The minimum atomic E-state index is 0.0881. The summed E-state index contributed by atoms with van der Waals surface area (Å²) in [7, 11) is 0. The minimum Gasteiger partial charge on any atom is -0.311 e. The molecule has 0 unspecified atom stereocenters. The fourth-order valence-corrected chi connectivity index (χ4v) is 1.83. The summed E-state index contributed by atoms with van der Waals surface area (Å²) in [6, 6.07) is 0.330. The van der Waals surface area contributed by atoms with Crippen molar-refractivity contribution in [2.24, 2.45) is 0 Å². The van der Waals surface area contributed by atoms with Crippen LogP contribution in [0, 0.1) is 0 Å². The Hall–Kier alpha value is -1.03. The van der Waals surface area contributed by atoms with Crippen LogP contribution in [0.4, 0.5) is 0 Å². The highest BCUT2D eigenvalue weighted by molar-refractivity contribution is 5.21. The maximum Gasteiger partial charge on any atom is 0.267 e. The molecule has 4 nitrogen and oxygen atoms in total. The molecule has 0 aromatic carbocycles. The molecule has 1 aliphatic heterocycles. The molecule has 2 rings (SSSR count). The average molecular weight is 181 g/mol. The van der Waals surface area contributed by atoms with E-state index in [4.69, 9.17) is 0 Å². The number of aromatic nitrogens is 2. The van der Waals surface area contributed by atoms with Crippen LogP contribution in [0.15, 0.2) is 4.79 Å².